The molecule has 2 saturated heterocycles. The Morgan fingerprint density at radius 3 is 3.00 bits per heavy atom. The van der Waals surface area contributed by atoms with Gasteiger partial charge in [-0.2, -0.15) is 0 Å². The monoisotopic (exact) mass is 355 g/mol. The van der Waals surface area contributed by atoms with E-state index in [-0.39, 0.29) is 6.61 Å². The first-order chi connectivity index (χ1) is 10.1. The molecule has 2 aliphatic heterocycles. The van der Waals surface area contributed by atoms with Gasteiger partial charge in [0, 0.05) is 12.6 Å². The number of aliphatic hydroxyl groups excluding tert-OH is 1. The average Bonchev–Trinajstić information content (AvgIpc) is 3.06. The molecule has 0 aromatic heterocycles. The van der Waals surface area contributed by atoms with E-state index in [1.54, 1.807) is 0 Å². The van der Waals surface area contributed by atoms with Crippen LogP contribution in [0.3, 0.4) is 0 Å². The minimum absolute atomic E-state index is 0.288. The maximum atomic E-state index is 10.0. The van der Waals surface area contributed by atoms with Crippen LogP contribution < -0.4 is 10.1 Å². The van der Waals surface area contributed by atoms with Gasteiger partial charge in [-0.15, -0.1) is 0 Å². The fourth-order valence-corrected chi connectivity index (χ4v) is 3.72. The Labute approximate surface area is 134 Å². The van der Waals surface area contributed by atoms with Crippen molar-refractivity contribution in [1.29, 1.82) is 0 Å². The third-order valence-corrected chi connectivity index (χ3v) is 4.86. The third-order valence-electron chi connectivity index (χ3n) is 4.24. The Bertz CT molecular complexity index is 496. The Kier molecular flexibility index (Phi) is 4.84. The van der Waals surface area contributed by atoms with Gasteiger partial charge in [-0.05, 0) is 59.8 Å². The lowest BCUT2D eigenvalue weighted by molar-refractivity contribution is 0.0852. The Morgan fingerprint density at radius 2 is 2.33 bits per heavy atom. The van der Waals surface area contributed by atoms with Crippen LogP contribution in [0.25, 0.3) is 0 Å². The number of nitrogens with one attached hydrogen (secondary N) is 1. The molecule has 5 heteroatoms. The van der Waals surface area contributed by atoms with Crippen LogP contribution in [0.4, 0.5) is 0 Å². The van der Waals surface area contributed by atoms with Crippen molar-refractivity contribution in [3.63, 3.8) is 0 Å². The summed E-state index contributed by atoms with van der Waals surface area (Å²) in [6.45, 7) is 2.86. The molecule has 0 radical (unpaired) electrons. The second-order valence-electron chi connectivity index (χ2n) is 6.02. The Hall–Kier alpha value is -0.620. The summed E-state index contributed by atoms with van der Waals surface area (Å²) in [5.41, 5.74) is 1.17. The van der Waals surface area contributed by atoms with Crippen LogP contribution in [-0.2, 0) is 4.74 Å². The molecular formula is C16H22BrNO3. The standard InChI is InChI=1S/C16H22BrNO3/c1-10-2-4-15(13(17)6-10)20-9-11(19)8-18-14-7-12-3-5-16(14)21-12/h2,4,6,11-12,14,16,18-19H,3,5,7-9H2,1H3. The van der Waals surface area contributed by atoms with E-state index < -0.39 is 6.10 Å². The number of halogens is 1. The maximum Gasteiger partial charge on any atom is 0.133 e. The van der Waals surface area contributed by atoms with Gasteiger partial charge in [0.15, 0.2) is 0 Å². The number of aryl methyl sites for hydroxylation is 1. The minimum Gasteiger partial charge on any atom is -0.490 e. The molecule has 2 heterocycles. The van der Waals surface area contributed by atoms with Gasteiger partial charge in [0.1, 0.15) is 18.5 Å². The summed E-state index contributed by atoms with van der Waals surface area (Å²) in [7, 11) is 0. The van der Waals surface area contributed by atoms with Gasteiger partial charge in [0.2, 0.25) is 0 Å². The van der Waals surface area contributed by atoms with Crippen LogP contribution in [0, 0.1) is 6.92 Å². The Morgan fingerprint density at radius 1 is 1.48 bits per heavy atom. The number of aliphatic hydroxyl groups is 1. The highest BCUT2D eigenvalue weighted by molar-refractivity contribution is 9.10. The molecule has 0 spiro atoms. The van der Waals surface area contributed by atoms with E-state index >= 15 is 0 Å². The lowest BCUT2D eigenvalue weighted by Crippen LogP contribution is -2.42. The van der Waals surface area contributed by atoms with Crippen molar-refractivity contribution in [2.75, 3.05) is 13.2 Å². The second-order valence-corrected chi connectivity index (χ2v) is 6.88. The summed E-state index contributed by atoms with van der Waals surface area (Å²) < 4.78 is 12.4. The number of hydrogen-bond donors (Lipinski definition) is 2. The van der Waals surface area contributed by atoms with Crippen LogP contribution in [0.2, 0.25) is 0 Å². The van der Waals surface area contributed by atoms with Gasteiger partial charge >= 0.3 is 0 Å². The molecule has 4 unspecified atom stereocenters. The van der Waals surface area contributed by atoms with Crippen molar-refractivity contribution < 1.29 is 14.6 Å². The van der Waals surface area contributed by atoms with Gasteiger partial charge in [-0.3, -0.25) is 0 Å². The lowest BCUT2D eigenvalue weighted by atomic mass is 9.95. The number of fused-ring (bicyclic) bond motifs is 2. The molecule has 1 aromatic rings. The predicted molar refractivity (Wildman–Crippen MR) is 84.7 cm³/mol. The molecule has 4 atom stereocenters. The Balaban J connectivity index is 1.41. The van der Waals surface area contributed by atoms with Crippen LogP contribution in [0.1, 0.15) is 24.8 Å². The summed E-state index contributed by atoms with van der Waals surface area (Å²) in [4.78, 5) is 0. The summed E-state index contributed by atoms with van der Waals surface area (Å²) in [5, 5.41) is 13.4. The third kappa shape index (κ3) is 3.77. The summed E-state index contributed by atoms with van der Waals surface area (Å²) in [6.07, 6.45) is 3.67. The number of ether oxygens (including phenoxy) is 2. The largest absolute Gasteiger partial charge is 0.490 e. The normalized spacial score (nSPS) is 28.8. The molecule has 2 bridgehead atoms. The van der Waals surface area contributed by atoms with Gasteiger partial charge in [-0.25, -0.2) is 0 Å². The quantitative estimate of drug-likeness (QED) is 0.822. The van der Waals surface area contributed by atoms with Crippen LogP contribution >= 0.6 is 15.9 Å². The number of benzene rings is 1. The zero-order valence-electron chi connectivity index (χ0n) is 12.2. The first-order valence-electron chi connectivity index (χ1n) is 7.57. The summed E-state index contributed by atoms with van der Waals surface area (Å²) >= 11 is 3.47. The fraction of sp³-hybridized carbons (Fsp3) is 0.625. The smallest absolute Gasteiger partial charge is 0.133 e. The van der Waals surface area contributed by atoms with E-state index in [2.05, 4.69) is 21.2 Å². The first-order valence-corrected chi connectivity index (χ1v) is 8.37. The topological polar surface area (TPSA) is 50.7 Å². The van der Waals surface area contributed by atoms with E-state index in [0.717, 1.165) is 23.1 Å². The van der Waals surface area contributed by atoms with Gasteiger partial charge in [0.05, 0.1) is 16.7 Å². The summed E-state index contributed by atoms with van der Waals surface area (Å²) in [5.74, 6) is 0.767. The van der Waals surface area contributed by atoms with E-state index in [1.807, 2.05) is 25.1 Å². The average molecular weight is 356 g/mol. The fourth-order valence-electron chi connectivity index (χ4n) is 3.11. The van der Waals surface area contributed by atoms with Crippen molar-refractivity contribution >= 4 is 15.9 Å². The molecule has 0 aliphatic carbocycles. The highest BCUT2D eigenvalue weighted by Crippen LogP contribution is 2.34. The zero-order chi connectivity index (χ0) is 14.8. The molecule has 2 fully saturated rings. The highest BCUT2D eigenvalue weighted by Gasteiger charge is 2.40. The van der Waals surface area contributed by atoms with Crippen molar-refractivity contribution in [2.45, 2.75) is 50.5 Å². The molecule has 2 N–H and O–H groups in total. The van der Waals surface area contributed by atoms with Crippen molar-refractivity contribution in [3.8, 4) is 5.75 Å². The van der Waals surface area contributed by atoms with E-state index in [0.29, 0.717) is 24.8 Å². The minimum atomic E-state index is -0.516. The van der Waals surface area contributed by atoms with Gasteiger partial charge < -0.3 is 19.9 Å². The first kappa shape index (κ1) is 15.3. The molecule has 116 valence electrons. The van der Waals surface area contributed by atoms with Gasteiger partial charge in [0.25, 0.3) is 0 Å². The van der Waals surface area contributed by atoms with Crippen LogP contribution in [0.15, 0.2) is 22.7 Å². The van der Waals surface area contributed by atoms with E-state index in [9.17, 15) is 5.11 Å². The molecule has 3 rings (SSSR count). The van der Waals surface area contributed by atoms with Crippen molar-refractivity contribution in [2.24, 2.45) is 0 Å². The molecule has 1 aromatic carbocycles. The zero-order valence-corrected chi connectivity index (χ0v) is 13.8. The van der Waals surface area contributed by atoms with E-state index in [1.165, 1.54) is 12.0 Å². The molecule has 2 aliphatic rings. The molecule has 0 saturated carbocycles. The molecule has 21 heavy (non-hydrogen) atoms. The van der Waals surface area contributed by atoms with Crippen LogP contribution in [-0.4, -0.2) is 42.6 Å². The molecule has 0 amide bonds. The maximum absolute atomic E-state index is 10.0. The second kappa shape index (κ2) is 6.65. The van der Waals surface area contributed by atoms with Crippen LogP contribution in [0.5, 0.6) is 5.75 Å². The highest BCUT2D eigenvalue weighted by atomic mass is 79.9. The SMILES string of the molecule is Cc1ccc(OCC(O)CNC2CC3CCC2O3)c(Br)c1. The lowest BCUT2D eigenvalue weighted by Gasteiger charge is -2.22. The van der Waals surface area contributed by atoms with Gasteiger partial charge in [-0.1, -0.05) is 6.07 Å². The molecular weight excluding hydrogens is 334 g/mol. The predicted octanol–water partition coefficient (Wildman–Crippen LogP) is 2.41. The van der Waals surface area contributed by atoms with Crippen molar-refractivity contribution in [1.82, 2.24) is 5.32 Å². The molecule has 4 nitrogen and oxygen atoms in total. The van der Waals surface area contributed by atoms with E-state index in [4.69, 9.17) is 9.47 Å². The number of hydrogen-bond acceptors (Lipinski definition) is 4. The number of rotatable bonds is 6. The summed E-state index contributed by atoms with van der Waals surface area (Å²) in [6, 6.07) is 6.32. The van der Waals surface area contributed by atoms with Crippen molar-refractivity contribution in [3.05, 3.63) is 28.2 Å².